The summed E-state index contributed by atoms with van der Waals surface area (Å²) in [5, 5.41) is 0.667. The van der Waals surface area contributed by atoms with Gasteiger partial charge in [0.25, 0.3) is 0 Å². The van der Waals surface area contributed by atoms with Crippen LogP contribution in [0.4, 0.5) is 5.13 Å². The van der Waals surface area contributed by atoms with Crippen LogP contribution in [-0.2, 0) is 0 Å². The fourth-order valence-electron chi connectivity index (χ4n) is 1.35. The van der Waals surface area contributed by atoms with Gasteiger partial charge in [-0.05, 0) is 19.1 Å². The third kappa shape index (κ3) is 3.94. The normalized spacial score (nSPS) is 10.6. The Morgan fingerprint density at radius 2 is 1.88 bits per heavy atom. The molecule has 2 nitrogen and oxygen atoms in total. The molecule has 2 aromatic rings. The number of aryl methyl sites for hydroxylation is 1. The molecule has 0 aliphatic carbocycles. The molecule has 0 bridgehead atoms. The average Bonchev–Trinajstić information content (AvgIpc) is 2.65. The van der Waals surface area contributed by atoms with Crippen LogP contribution in [0.3, 0.4) is 0 Å². The van der Waals surface area contributed by atoms with Crippen LogP contribution in [0.25, 0.3) is 0 Å². The minimum Gasteiger partial charge on any atom is -0.375 e. The van der Waals surface area contributed by atoms with Crippen LogP contribution in [0.2, 0.25) is 0 Å². The number of nitrogens with zero attached hydrogens (tertiary/aromatic N) is 1. The molecule has 1 heterocycles. The second kappa shape index (κ2) is 6.33. The number of hydrogen-bond donors (Lipinski definition) is 1. The minimum absolute atomic E-state index is 0.667. The predicted molar refractivity (Wildman–Crippen MR) is 79.2 cm³/mol. The van der Waals surface area contributed by atoms with Crippen molar-refractivity contribution in [3.05, 3.63) is 36.0 Å². The van der Waals surface area contributed by atoms with Gasteiger partial charge < -0.3 is 5.73 Å². The monoisotopic (exact) mass is 282 g/mol. The van der Waals surface area contributed by atoms with E-state index in [0.29, 0.717) is 5.13 Å². The van der Waals surface area contributed by atoms with Crippen molar-refractivity contribution in [1.29, 1.82) is 0 Å². The summed E-state index contributed by atoms with van der Waals surface area (Å²) in [5.74, 6) is 2.19. The van der Waals surface area contributed by atoms with Gasteiger partial charge in [0.15, 0.2) is 5.13 Å². The van der Waals surface area contributed by atoms with E-state index in [4.69, 9.17) is 5.73 Å². The van der Waals surface area contributed by atoms with Crippen molar-refractivity contribution in [2.45, 2.75) is 16.0 Å². The maximum atomic E-state index is 5.66. The lowest BCUT2D eigenvalue weighted by Gasteiger charge is -2.00. The second-order valence-electron chi connectivity index (χ2n) is 3.43. The topological polar surface area (TPSA) is 38.9 Å². The average molecular weight is 282 g/mol. The molecule has 2 N–H and O–H groups in total. The first-order valence-corrected chi connectivity index (χ1v) is 8.08. The Bertz CT molecular complexity index is 468. The van der Waals surface area contributed by atoms with Gasteiger partial charge in [-0.25, -0.2) is 4.98 Å². The molecule has 0 unspecified atom stereocenters. The molecule has 0 saturated heterocycles. The summed E-state index contributed by atoms with van der Waals surface area (Å²) in [5.41, 5.74) is 6.72. The molecule has 0 amide bonds. The van der Waals surface area contributed by atoms with Crippen LogP contribution in [0.5, 0.6) is 0 Å². The van der Waals surface area contributed by atoms with Gasteiger partial charge in [0, 0.05) is 16.4 Å². The number of anilines is 1. The van der Waals surface area contributed by atoms with Crippen LogP contribution < -0.4 is 5.73 Å². The first-order chi connectivity index (χ1) is 8.25. The van der Waals surface area contributed by atoms with Crippen molar-refractivity contribution in [2.24, 2.45) is 0 Å². The van der Waals surface area contributed by atoms with Gasteiger partial charge in [-0.3, -0.25) is 0 Å². The summed E-state index contributed by atoms with van der Waals surface area (Å²) in [6, 6.07) is 10.5. The highest BCUT2D eigenvalue weighted by molar-refractivity contribution is 8.04. The van der Waals surface area contributed by atoms with Crippen molar-refractivity contribution in [3.8, 4) is 0 Å². The van der Waals surface area contributed by atoms with E-state index < -0.39 is 0 Å². The first kappa shape index (κ1) is 12.8. The zero-order chi connectivity index (χ0) is 12.1. The smallest absolute Gasteiger partial charge is 0.181 e. The number of benzene rings is 1. The van der Waals surface area contributed by atoms with E-state index in [-0.39, 0.29) is 0 Å². The molecular weight excluding hydrogens is 268 g/mol. The molecule has 0 saturated carbocycles. The van der Waals surface area contributed by atoms with Crippen LogP contribution in [0.1, 0.15) is 5.69 Å². The zero-order valence-corrected chi connectivity index (χ0v) is 12.0. The van der Waals surface area contributed by atoms with E-state index in [1.807, 2.05) is 36.5 Å². The highest BCUT2D eigenvalue weighted by atomic mass is 32.2. The maximum absolute atomic E-state index is 5.66. The molecule has 2 rings (SSSR count). The van der Waals surface area contributed by atoms with E-state index in [0.717, 1.165) is 17.2 Å². The van der Waals surface area contributed by atoms with Gasteiger partial charge in [0.1, 0.15) is 0 Å². The van der Waals surface area contributed by atoms with Gasteiger partial charge in [0.05, 0.1) is 9.90 Å². The number of aromatic nitrogens is 1. The zero-order valence-electron chi connectivity index (χ0n) is 9.55. The molecule has 17 heavy (non-hydrogen) atoms. The summed E-state index contributed by atoms with van der Waals surface area (Å²) < 4.78 is 1.25. The van der Waals surface area contributed by atoms with Gasteiger partial charge >= 0.3 is 0 Å². The van der Waals surface area contributed by atoms with Gasteiger partial charge in [-0.1, -0.05) is 29.5 Å². The van der Waals surface area contributed by atoms with Crippen LogP contribution in [0.15, 0.2) is 39.4 Å². The summed E-state index contributed by atoms with van der Waals surface area (Å²) in [6.07, 6.45) is 0. The predicted octanol–water partition coefficient (Wildman–Crippen LogP) is 3.92. The highest BCUT2D eigenvalue weighted by Gasteiger charge is 2.05. The lowest BCUT2D eigenvalue weighted by atomic mass is 10.4. The number of nitrogen functional groups attached to an aromatic ring is 1. The van der Waals surface area contributed by atoms with Gasteiger partial charge in [-0.2, -0.15) is 0 Å². The first-order valence-electron chi connectivity index (χ1n) is 5.29. The van der Waals surface area contributed by atoms with Crippen LogP contribution in [0, 0.1) is 6.92 Å². The summed E-state index contributed by atoms with van der Waals surface area (Å²) in [7, 11) is 0. The molecule has 0 spiro atoms. The minimum atomic E-state index is 0.667. The van der Waals surface area contributed by atoms with Crippen molar-refractivity contribution in [1.82, 2.24) is 4.98 Å². The Balaban J connectivity index is 1.75. The van der Waals surface area contributed by atoms with Gasteiger partial charge in [-0.15, -0.1) is 23.5 Å². The second-order valence-corrected chi connectivity index (χ2v) is 7.00. The van der Waals surface area contributed by atoms with E-state index in [2.05, 4.69) is 29.2 Å². The van der Waals surface area contributed by atoms with Gasteiger partial charge in [0.2, 0.25) is 0 Å². The quantitative estimate of drug-likeness (QED) is 0.666. The molecule has 1 aromatic heterocycles. The van der Waals surface area contributed by atoms with E-state index in [1.54, 1.807) is 11.3 Å². The third-order valence-corrected chi connectivity index (χ3v) is 5.72. The molecule has 0 aliphatic heterocycles. The molecular formula is C12H14N2S3. The number of thioether (sulfide) groups is 2. The Morgan fingerprint density at radius 1 is 1.18 bits per heavy atom. The molecule has 0 fully saturated rings. The summed E-state index contributed by atoms with van der Waals surface area (Å²) >= 11 is 5.31. The molecule has 5 heteroatoms. The Kier molecular flexibility index (Phi) is 4.76. The van der Waals surface area contributed by atoms with E-state index >= 15 is 0 Å². The maximum Gasteiger partial charge on any atom is 0.181 e. The molecule has 90 valence electrons. The number of rotatable bonds is 5. The number of nitrogens with two attached hydrogens (primary N) is 1. The Labute approximate surface area is 114 Å². The molecule has 1 aromatic carbocycles. The number of hydrogen-bond acceptors (Lipinski definition) is 5. The lowest BCUT2D eigenvalue weighted by molar-refractivity contribution is 1.21. The fourth-order valence-corrected chi connectivity index (χ4v) is 4.35. The fraction of sp³-hybridized carbons (Fsp3) is 0.250. The SMILES string of the molecule is Cc1nc(N)sc1SCCSc1ccccc1. The Hall–Kier alpha value is -0.650. The Morgan fingerprint density at radius 3 is 2.53 bits per heavy atom. The molecule has 0 radical (unpaired) electrons. The van der Waals surface area contributed by atoms with E-state index in [9.17, 15) is 0 Å². The van der Waals surface area contributed by atoms with E-state index in [1.165, 1.54) is 9.10 Å². The third-order valence-electron chi connectivity index (χ3n) is 2.10. The lowest BCUT2D eigenvalue weighted by Crippen LogP contribution is -1.84. The molecule has 0 aliphatic rings. The number of thiazole rings is 1. The summed E-state index contributed by atoms with van der Waals surface area (Å²) in [4.78, 5) is 5.54. The van der Waals surface area contributed by atoms with Crippen molar-refractivity contribution in [2.75, 3.05) is 17.2 Å². The van der Waals surface area contributed by atoms with Crippen LogP contribution in [-0.4, -0.2) is 16.5 Å². The van der Waals surface area contributed by atoms with Crippen LogP contribution >= 0.6 is 34.9 Å². The van der Waals surface area contributed by atoms with Crippen molar-refractivity contribution in [3.63, 3.8) is 0 Å². The summed E-state index contributed by atoms with van der Waals surface area (Å²) in [6.45, 7) is 2.01. The molecule has 0 atom stereocenters. The standard InChI is InChI=1S/C12H14N2S3/c1-9-11(17-12(13)14-9)16-8-7-15-10-5-3-2-4-6-10/h2-6H,7-8H2,1H3,(H2,13,14). The highest BCUT2D eigenvalue weighted by Crippen LogP contribution is 2.31. The van der Waals surface area contributed by atoms with Crippen molar-refractivity contribution >= 4 is 40.0 Å². The largest absolute Gasteiger partial charge is 0.375 e. The van der Waals surface area contributed by atoms with Crippen molar-refractivity contribution < 1.29 is 0 Å².